The second-order valence-corrected chi connectivity index (χ2v) is 8.09. The highest BCUT2D eigenvalue weighted by Crippen LogP contribution is 2.18. The Kier molecular flexibility index (Phi) is 5.18. The molecular formula is C14H23N5O4S. The monoisotopic (exact) mass is 357 g/mol. The normalized spacial score (nSPS) is 21.2. The zero-order chi connectivity index (χ0) is 17.2. The van der Waals surface area contributed by atoms with Crippen molar-refractivity contribution in [1.29, 1.82) is 0 Å². The van der Waals surface area contributed by atoms with Gasteiger partial charge in [0.25, 0.3) is 10.2 Å². The Balaban J connectivity index is 1.47. The van der Waals surface area contributed by atoms with E-state index in [-0.39, 0.29) is 12.5 Å². The fraction of sp³-hybridized carbons (Fsp3) is 0.714. The van der Waals surface area contributed by atoms with Gasteiger partial charge in [0.1, 0.15) is 5.76 Å². The quantitative estimate of drug-likeness (QED) is 0.789. The highest BCUT2D eigenvalue weighted by Gasteiger charge is 2.33. The molecule has 0 atom stereocenters. The Bertz CT molecular complexity index is 675. The molecular weight excluding hydrogens is 334 g/mol. The van der Waals surface area contributed by atoms with E-state index in [1.165, 1.54) is 4.31 Å². The number of piperazine rings is 1. The predicted molar refractivity (Wildman–Crippen MR) is 87.6 cm³/mol. The molecule has 3 heterocycles. The van der Waals surface area contributed by atoms with Gasteiger partial charge in [-0.1, -0.05) is 5.16 Å². The summed E-state index contributed by atoms with van der Waals surface area (Å²) in [4.78, 5) is 13.9. The van der Waals surface area contributed by atoms with Crippen molar-refractivity contribution in [3.63, 3.8) is 0 Å². The molecule has 2 aliphatic heterocycles. The molecule has 3 rings (SSSR count). The Morgan fingerprint density at radius 3 is 2.38 bits per heavy atom. The minimum Gasteiger partial charge on any atom is -0.360 e. The first-order chi connectivity index (χ1) is 11.4. The molecule has 0 spiro atoms. The van der Waals surface area contributed by atoms with Crippen LogP contribution in [0, 0.1) is 6.92 Å². The molecule has 1 aromatic heterocycles. The summed E-state index contributed by atoms with van der Waals surface area (Å²) in [5, 5.41) is 6.39. The van der Waals surface area contributed by atoms with Crippen LogP contribution in [0.15, 0.2) is 10.6 Å². The third kappa shape index (κ3) is 3.94. The number of nitrogens with zero attached hydrogens (tertiary/aromatic N) is 4. The van der Waals surface area contributed by atoms with Crippen LogP contribution in [0.5, 0.6) is 0 Å². The maximum Gasteiger partial charge on any atom is 0.282 e. The van der Waals surface area contributed by atoms with E-state index in [4.69, 9.17) is 4.52 Å². The van der Waals surface area contributed by atoms with Crippen molar-refractivity contribution in [3.05, 3.63) is 11.8 Å². The van der Waals surface area contributed by atoms with E-state index in [9.17, 15) is 13.2 Å². The van der Waals surface area contributed by atoms with Crippen LogP contribution in [0.2, 0.25) is 0 Å². The summed E-state index contributed by atoms with van der Waals surface area (Å²) >= 11 is 0. The van der Waals surface area contributed by atoms with Crippen LogP contribution < -0.4 is 5.32 Å². The first-order valence-corrected chi connectivity index (χ1v) is 9.55. The van der Waals surface area contributed by atoms with Crippen molar-refractivity contribution in [1.82, 2.24) is 18.7 Å². The molecule has 1 amide bonds. The van der Waals surface area contributed by atoms with Gasteiger partial charge in [0.05, 0.1) is 6.54 Å². The molecule has 24 heavy (non-hydrogen) atoms. The SMILES string of the molecule is Cc1cc(NC(=O)CN2CCN(S(=O)(=O)N3CCCC3)CC2)no1. The van der Waals surface area contributed by atoms with Gasteiger partial charge in [-0.25, -0.2) is 0 Å². The molecule has 2 saturated heterocycles. The Morgan fingerprint density at radius 2 is 1.79 bits per heavy atom. The van der Waals surface area contributed by atoms with Crippen LogP contribution in [-0.4, -0.2) is 78.8 Å². The van der Waals surface area contributed by atoms with Gasteiger partial charge in [0.2, 0.25) is 5.91 Å². The van der Waals surface area contributed by atoms with E-state index < -0.39 is 10.2 Å². The van der Waals surface area contributed by atoms with Gasteiger partial charge in [-0.3, -0.25) is 9.69 Å². The number of aryl methyl sites for hydroxylation is 1. The van der Waals surface area contributed by atoms with Crippen LogP contribution in [0.3, 0.4) is 0 Å². The summed E-state index contributed by atoms with van der Waals surface area (Å²) in [6, 6.07) is 1.65. The van der Waals surface area contributed by atoms with Gasteiger partial charge >= 0.3 is 0 Å². The molecule has 1 aromatic rings. The smallest absolute Gasteiger partial charge is 0.282 e. The van der Waals surface area contributed by atoms with E-state index in [0.717, 1.165) is 12.8 Å². The van der Waals surface area contributed by atoms with Crippen molar-refractivity contribution in [2.24, 2.45) is 0 Å². The fourth-order valence-electron chi connectivity index (χ4n) is 3.01. The largest absolute Gasteiger partial charge is 0.360 e. The number of aromatic nitrogens is 1. The van der Waals surface area contributed by atoms with Crippen molar-refractivity contribution < 1.29 is 17.7 Å². The minimum absolute atomic E-state index is 0.181. The molecule has 0 aliphatic carbocycles. The van der Waals surface area contributed by atoms with E-state index in [1.54, 1.807) is 17.3 Å². The number of anilines is 1. The summed E-state index contributed by atoms with van der Waals surface area (Å²) in [5.74, 6) is 0.845. The Morgan fingerprint density at radius 1 is 1.17 bits per heavy atom. The van der Waals surface area contributed by atoms with Crippen LogP contribution in [0.1, 0.15) is 18.6 Å². The fourth-order valence-corrected chi connectivity index (χ4v) is 4.68. The third-order valence-electron chi connectivity index (χ3n) is 4.31. The van der Waals surface area contributed by atoms with E-state index in [0.29, 0.717) is 50.8 Å². The summed E-state index contributed by atoms with van der Waals surface area (Å²) in [5.41, 5.74) is 0. The predicted octanol–water partition coefficient (Wildman–Crippen LogP) is -0.120. The number of carbonyl (C=O) groups is 1. The van der Waals surface area contributed by atoms with Gasteiger partial charge in [0.15, 0.2) is 5.82 Å². The molecule has 0 unspecified atom stereocenters. The average molecular weight is 357 g/mol. The molecule has 1 N–H and O–H groups in total. The lowest BCUT2D eigenvalue weighted by Gasteiger charge is -2.35. The lowest BCUT2D eigenvalue weighted by atomic mass is 10.3. The molecule has 0 saturated carbocycles. The van der Waals surface area contributed by atoms with Gasteiger partial charge in [-0.15, -0.1) is 0 Å². The standard InChI is InChI=1S/C14H23N5O4S/c1-12-10-13(16-23-12)15-14(20)11-17-6-8-19(9-7-17)24(21,22)18-4-2-3-5-18/h10H,2-9,11H2,1H3,(H,15,16,20). The van der Waals surface area contributed by atoms with Crippen molar-refractivity contribution in [2.75, 3.05) is 51.1 Å². The number of carbonyl (C=O) groups excluding carboxylic acids is 1. The van der Waals surface area contributed by atoms with Crippen molar-refractivity contribution in [3.8, 4) is 0 Å². The Labute approximate surface area is 141 Å². The highest BCUT2D eigenvalue weighted by molar-refractivity contribution is 7.86. The highest BCUT2D eigenvalue weighted by atomic mass is 32.2. The number of amides is 1. The van der Waals surface area contributed by atoms with E-state index >= 15 is 0 Å². The second kappa shape index (κ2) is 7.18. The van der Waals surface area contributed by atoms with Crippen LogP contribution in [0.25, 0.3) is 0 Å². The molecule has 2 fully saturated rings. The second-order valence-electron chi connectivity index (χ2n) is 6.16. The van der Waals surface area contributed by atoms with Gasteiger partial charge in [-0.05, 0) is 19.8 Å². The topological polar surface area (TPSA) is 99.0 Å². The summed E-state index contributed by atoms with van der Waals surface area (Å²) in [6.45, 7) is 5.09. The zero-order valence-corrected chi connectivity index (χ0v) is 14.6. The third-order valence-corrected chi connectivity index (χ3v) is 6.35. The van der Waals surface area contributed by atoms with Crippen LogP contribution in [0.4, 0.5) is 5.82 Å². The molecule has 0 aromatic carbocycles. The lowest BCUT2D eigenvalue weighted by Crippen LogP contribution is -2.53. The van der Waals surface area contributed by atoms with Gasteiger partial charge in [0, 0.05) is 45.3 Å². The number of hydrogen-bond donors (Lipinski definition) is 1. The van der Waals surface area contributed by atoms with Crippen LogP contribution in [-0.2, 0) is 15.0 Å². The summed E-state index contributed by atoms with van der Waals surface area (Å²) < 4.78 is 33.0. The van der Waals surface area contributed by atoms with Crippen molar-refractivity contribution in [2.45, 2.75) is 19.8 Å². The first kappa shape index (κ1) is 17.3. The van der Waals surface area contributed by atoms with Gasteiger partial charge in [-0.2, -0.15) is 17.0 Å². The van der Waals surface area contributed by atoms with Crippen molar-refractivity contribution >= 4 is 21.9 Å². The Hall–Kier alpha value is -1.49. The van der Waals surface area contributed by atoms with E-state index in [1.807, 2.05) is 4.90 Å². The molecule has 134 valence electrons. The van der Waals surface area contributed by atoms with Gasteiger partial charge < -0.3 is 9.84 Å². The summed E-state index contributed by atoms with van der Waals surface area (Å²) in [6.07, 6.45) is 1.86. The molecule has 10 heteroatoms. The number of hydrogen-bond acceptors (Lipinski definition) is 6. The van der Waals surface area contributed by atoms with Crippen LogP contribution >= 0.6 is 0 Å². The maximum atomic E-state index is 12.5. The maximum absolute atomic E-state index is 12.5. The molecule has 0 radical (unpaired) electrons. The molecule has 0 bridgehead atoms. The number of rotatable bonds is 5. The molecule has 2 aliphatic rings. The molecule has 9 nitrogen and oxygen atoms in total. The number of nitrogens with one attached hydrogen (secondary N) is 1. The zero-order valence-electron chi connectivity index (χ0n) is 13.8. The first-order valence-electron chi connectivity index (χ1n) is 8.16. The summed E-state index contributed by atoms with van der Waals surface area (Å²) in [7, 11) is -3.34. The average Bonchev–Trinajstić information content (AvgIpc) is 3.20. The lowest BCUT2D eigenvalue weighted by molar-refractivity contribution is -0.117. The minimum atomic E-state index is -3.34. The van der Waals surface area contributed by atoms with E-state index in [2.05, 4.69) is 10.5 Å².